The van der Waals surface area contributed by atoms with Gasteiger partial charge < -0.3 is 4.74 Å². The first-order chi connectivity index (χ1) is 6.25. The Hall–Kier alpha value is -0.570. The van der Waals surface area contributed by atoms with Crippen molar-refractivity contribution in [1.82, 2.24) is 4.90 Å². The summed E-state index contributed by atoms with van der Waals surface area (Å²) in [5.41, 5.74) is 0. The van der Waals surface area contributed by atoms with Crippen LogP contribution in [0.25, 0.3) is 0 Å². The van der Waals surface area contributed by atoms with E-state index in [0.29, 0.717) is 6.61 Å². The summed E-state index contributed by atoms with van der Waals surface area (Å²) < 4.78 is 4.98. The number of hydrogen-bond donors (Lipinski definition) is 0. The molecule has 13 heavy (non-hydrogen) atoms. The molecule has 0 saturated carbocycles. The van der Waals surface area contributed by atoms with E-state index >= 15 is 0 Å². The van der Waals surface area contributed by atoms with Crippen molar-refractivity contribution in [1.29, 1.82) is 0 Å². The molecule has 1 aliphatic heterocycles. The van der Waals surface area contributed by atoms with Gasteiger partial charge in [0.1, 0.15) is 6.04 Å². The highest BCUT2D eigenvalue weighted by Gasteiger charge is 2.23. The van der Waals surface area contributed by atoms with E-state index in [2.05, 4.69) is 4.90 Å². The number of carbonyl (C=O) groups is 1. The molecule has 0 radical (unpaired) electrons. The first kappa shape index (κ1) is 10.5. The average Bonchev–Trinajstić information content (AvgIpc) is 2.18. The number of rotatable bonds is 3. The molecule has 1 heterocycles. The van der Waals surface area contributed by atoms with Crippen LogP contribution in [0.5, 0.6) is 0 Å². The summed E-state index contributed by atoms with van der Waals surface area (Å²) >= 11 is 0. The Balaban J connectivity index is 2.35. The van der Waals surface area contributed by atoms with Gasteiger partial charge in [-0.3, -0.25) is 9.69 Å². The van der Waals surface area contributed by atoms with Crippen LogP contribution in [-0.4, -0.2) is 36.6 Å². The van der Waals surface area contributed by atoms with Gasteiger partial charge >= 0.3 is 5.97 Å². The fourth-order valence-electron chi connectivity index (χ4n) is 1.72. The summed E-state index contributed by atoms with van der Waals surface area (Å²) in [5, 5.41) is 0. The van der Waals surface area contributed by atoms with E-state index in [1.807, 2.05) is 13.8 Å². The summed E-state index contributed by atoms with van der Waals surface area (Å²) in [5.74, 6) is -0.0793. The predicted octanol–water partition coefficient (Wildman–Crippen LogP) is 1.42. The highest BCUT2D eigenvalue weighted by Crippen LogP contribution is 2.12. The molecule has 0 bridgehead atoms. The first-order valence-electron chi connectivity index (χ1n) is 5.16. The number of likely N-dealkylation sites (tertiary alicyclic amines) is 1. The van der Waals surface area contributed by atoms with Crippen molar-refractivity contribution in [3.05, 3.63) is 0 Å². The van der Waals surface area contributed by atoms with Crippen molar-refractivity contribution >= 4 is 5.97 Å². The van der Waals surface area contributed by atoms with E-state index in [0.717, 1.165) is 13.1 Å². The average molecular weight is 185 g/mol. The molecule has 0 spiro atoms. The second kappa shape index (κ2) is 5.22. The highest BCUT2D eigenvalue weighted by atomic mass is 16.5. The molecule has 0 amide bonds. The maximum absolute atomic E-state index is 11.4. The van der Waals surface area contributed by atoms with Crippen molar-refractivity contribution in [2.24, 2.45) is 0 Å². The maximum Gasteiger partial charge on any atom is 0.323 e. The van der Waals surface area contributed by atoms with Gasteiger partial charge in [-0.15, -0.1) is 0 Å². The molecule has 76 valence electrons. The molecule has 1 rings (SSSR count). The van der Waals surface area contributed by atoms with Crippen LogP contribution in [0.3, 0.4) is 0 Å². The molecule has 1 saturated heterocycles. The third-order valence-corrected chi connectivity index (χ3v) is 2.57. The number of nitrogens with zero attached hydrogens (tertiary/aromatic N) is 1. The molecule has 0 N–H and O–H groups in total. The number of hydrogen-bond acceptors (Lipinski definition) is 3. The van der Waals surface area contributed by atoms with Gasteiger partial charge in [-0.25, -0.2) is 0 Å². The second-order valence-electron chi connectivity index (χ2n) is 3.52. The minimum Gasteiger partial charge on any atom is -0.465 e. The van der Waals surface area contributed by atoms with Crippen molar-refractivity contribution in [2.45, 2.75) is 39.2 Å². The molecule has 1 atom stereocenters. The highest BCUT2D eigenvalue weighted by molar-refractivity contribution is 5.75. The molecular formula is C10H19NO2. The van der Waals surface area contributed by atoms with Crippen molar-refractivity contribution in [2.75, 3.05) is 19.7 Å². The first-order valence-corrected chi connectivity index (χ1v) is 5.16. The zero-order chi connectivity index (χ0) is 9.68. The van der Waals surface area contributed by atoms with Crippen molar-refractivity contribution < 1.29 is 9.53 Å². The van der Waals surface area contributed by atoms with Crippen LogP contribution in [0.2, 0.25) is 0 Å². The standard InChI is InChI=1S/C10H19NO2/c1-3-13-10(12)9(2)11-7-5-4-6-8-11/h9H,3-8H2,1-2H3/t9-/m1/s1. The summed E-state index contributed by atoms with van der Waals surface area (Å²) in [6.07, 6.45) is 3.72. The lowest BCUT2D eigenvalue weighted by atomic mass is 10.1. The fraction of sp³-hybridized carbons (Fsp3) is 0.900. The van der Waals surface area contributed by atoms with Crippen LogP contribution in [-0.2, 0) is 9.53 Å². The van der Waals surface area contributed by atoms with Gasteiger partial charge in [0, 0.05) is 0 Å². The molecule has 0 aromatic heterocycles. The van der Waals surface area contributed by atoms with Crippen LogP contribution >= 0.6 is 0 Å². The monoisotopic (exact) mass is 185 g/mol. The van der Waals surface area contributed by atoms with Crippen molar-refractivity contribution in [3.8, 4) is 0 Å². The summed E-state index contributed by atoms with van der Waals surface area (Å²) in [6, 6.07) is -0.0553. The molecule has 3 heteroatoms. The molecule has 3 nitrogen and oxygen atoms in total. The number of esters is 1. The minimum absolute atomic E-state index is 0.0553. The topological polar surface area (TPSA) is 29.5 Å². The number of piperidine rings is 1. The zero-order valence-corrected chi connectivity index (χ0v) is 8.58. The Bertz CT molecular complexity index is 164. The maximum atomic E-state index is 11.4. The number of carbonyl (C=O) groups excluding carboxylic acids is 1. The van der Waals surface area contributed by atoms with E-state index in [1.54, 1.807) is 0 Å². The molecule has 0 aliphatic carbocycles. The van der Waals surface area contributed by atoms with Crippen LogP contribution in [0.4, 0.5) is 0 Å². The smallest absolute Gasteiger partial charge is 0.323 e. The molecule has 1 aliphatic rings. The Kier molecular flexibility index (Phi) is 4.22. The third-order valence-electron chi connectivity index (χ3n) is 2.57. The Morgan fingerprint density at radius 3 is 2.54 bits per heavy atom. The lowest BCUT2D eigenvalue weighted by Crippen LogP contribution is -2.42. The van der Waals surface area contributed by atoms with Gasteiger partial charge in [-0.2, -0.15) is 0 Å². The molecule has 1 fully saturated rings. The van der Waals surface area contributed by atoms with Crippen LogP contribution in [0.1, 0.15) is 33.1 Å². The van der Waals surface area contributed by atoms with Crippen LogP contribution in [0, 0.1) is 0 Å². The summed E-state index contributed by atoms with van der Waals surface area (Å²) in [7, 11) is 0. The summed E-state index contributed by atoms with van der Waals surface area (Å²) in [6.45, 7) is 6.35. The fourth-order valence-corrected chi connectivity index (χ4v) is 1.72. The molecular weight excluding hydrogens is 166 g/mol. The lowest BCUT2D eigenvalue weighted by Gasteiger charge is -2.30. The zero-order valence-electron chi connectivity index (χ0n) is 8.58. The minimum atomic E-state index is -0.0793. The molecule has 0 aromatic rings. The van der Waals surface area contributed by atoms with Gasteiger partial charge in [0.2, 0.25) is 0 Å². The van der Waals surface area contributed by atoms with Crippen LogP contribution < -0.4 is 0 Å². The molecule has 0 unspecified atom stereocenters. The van der Waals surface area contributed by atoms with E-state index in [4.69, 9.17) is 4.74 Å². The van der Waals surface area contributed by atoms with E-state index in [9.17, 15) is 4.79 Å². The van der Waals surface area contributed by atoms with E-state index in [-0.39, 0.29) is 12.0 Å². The Labute approximate surface area is 80.1 Å². The predicted molar refractivity (Wildman–Crippen MR) is 51.5 cm³/mol. The SMILES string of the molecule is CCOC(=O)[C@@H](C)N1CCCCC1. The van der Waals surface area contributed by atoms with E-state index < -0.39 is 0 Å². The quantitative estimate of drug-likeness (QED) is 0.623. The molecule has 0 aromatic carbocycles. The van der Waals surface area contributed by atoms with Gasteiger partial charge in [-0.1, -0.05) is 6.42 Å². The van der Waals surface area contributed by atoms with Gasteiger partial charge in [0.15, 0.2) is 0 Å². The van der Waals surface area contributed by atoms with E-state index in [1.165, 1.54) is 19.3 Å². The Morgan fingerprint density at radius 1 is 1.38 bits per heavy atom. The largest absolute Gasteiger partial charge is 0.465 e. The van der Waals surface area contributed by atoms with Gasteiger partial charge in [0.05, 0.1) is 6.61 Å². The Morgan fingerprint density at radius 2 is 2.00 bits per heavy atom. The lowest BCUT2D eigenvalue weighted by molar-refractivity contribution is -0.149. The second-order valence-corrected chi connectivity index (χ2v) is 3.52. The van der Waals surface area contributed by atoms with Crippen molar-refractivity contribution in [3.63, 3.8) is 0 Å². The number of ether oxygens (including phenoxy) is 1. The third kappa shape index (κ3) is 2.99. The van der Waals surface area contributed by atoms with Crippen LogP contribution in [0.15, 0.2) is 0 Å². The summed E-state index contributed by atoms with van der Waals surface area (Å²) in [4.78, 5) is 13.6. The van der Waals surface area contributed by atoms with Gasteiger partial charge in [0.25, 0.3) is 0 Å². The normalized spacial score (nSPS) is 21.1. The van der Waals surface area contributed by atoms with Gasteiger partial charge in [-0.05, 0) is 39.8 Å².